The van der Waals surface area contributed by atoms with Gasteiger partial charge in [0.2, 0.25) is 0 Å². The molecule has 1 saturated heterocycles. The van der Waals surface area contributed by atoms with Gasteiger partial charge in [-0.2, -0.15) is 0 Å². The number of ether oxygens (including phenoxy) is 1. The predicted octanol–water partition coefficient (Wildman–Crippen LogP) is 2.73. The van der Waals surface area contributed by atoms with E-state index in [1.807, 2.05) is 0 Å². The van der Waals surface area contributed by atoms with Gasteiger partial charge < -0.3 is 10.1 Å². The van der Waals surface area contributed by atoms with Crippen LogP contribution in [0.5, 0.6) is 0 Å². The van der Waals surface area contributed by atoms with E-state index in [4.69, 9.17) is 16.3 Å². The minimum absolute atomic E-state index is 0.386. The fourth-order valence-electron chi connectivity index (χ4n) is 1.64. The number of halogens is 2. The van der Waals surface area contributed by atoms with Gasteiger partial charge in [-0.05, 0) is 34.7 Å². The maximum atomic E-state index is 5.76. The van der Waals surface area contributed by atoms with Crippen molar-refractivity contribution >= 4 is 33.3 Å². The average molecular weight is 307 g/mol. The second-order valence-electron chi connectivity index (χ2n) is 3.77. The molecular formula is C10H13BrClN3O. The summed E-state index contributed by atoms with van der Waals surface area (Å²) in [5, 5.41) is 3.65. The highest BCUT2D eigenvalue weighted by atomic mass is 79.9. The Morgan fingerprint density at radius 2 is 2.25 bits per heavy atom. The maximum absolute atomic E-state index is 5.76. The van der Waals surface area contributed by atoms with E-state index in [9.17, 15) is 0 Å². The van der Waals surface area contributed by atoms with Crippen LogP contribution in [-0.4, -0.2) is 29.7 Å². The summed E-state index contributed by atoms with van der Waals surface area (Å²) < 4.78 is 5.88. The quantitative estimate of drug-likeness (QED) is 0.933. The lowest BCUT2D eigenvalue weighted by Crippen LogP contribution is -2.23. The van der Waals surface area contributed by atoms with Gasteiger partial charge in [-0.3, -0.25) is 0 Å². The summed E-state index contributed by atoms with van der Waals surface area (Å²) in [5.41, 5.74) is 0. The van der Waals surface area contributed by atoms with E-state index in [-0.39, 0.29) is 0 Å². The van der Waals surface area contributed by atoms with Crippen molar-refractivity contribution in [3.8, 4) is 0 Å². The molecular weight excluding hydrogens is 293 g/mol. The molecule has 0 atom stereocenters. The Morgan fingerprint density at radius 1 is 1.50 bits per heavy atom. The van der Waals surface area contributed by atoms with Gasteiger partial charge in [0.1, 0.15) is 10.4 Å². The number of rotatable bonds is 3. The van der Waals surface area contributed by atoms with Gasteiger partial charge in [-0.15, -0.1) is 0 Å². The molecule has 1 aromatic heterocycles. The van der Waals surface area contributed by atoms with Crippen LogP contribution in [0.15, 0.2) is 10.8 Å². The van der Waals surface area contributed by atoms with E-state index in [0.717, 1.165) is 38.4 Å². The van der Waals surface area contributed by atoms with Crippen molar-refractivity contribution in [2.24, 2.45) is 5.92 Å². The van der Waals surface area contributed by atoms with E-state index in [2.05, 4.69) is 31.2 Å². The zero-order valence-electron chi connectivity index (χ0n) is 8.75. The smallest absolute Gasteiger partial charge is 0.161 e. The Hall–Kier alpha value is -0.390. The average Bonchev–Trinajstić information content (AvgIpc) is 2.32. The Bertz CT molecular complexity index is 358. The molecule has 0 unspecified atom stereocenters. The van der Waals surface area contributed by atoms with Crippen molar-refractivity contribution in [1.82, 2.24) is 9.97 Å². The molecule has 88 valence electrons. The van der Waals surface area contributed by atoms with E-state index in [1.165, 1.54) is 0 Å². The summed E-state index contributed by atoms with van der Waals surface area (Å²) in [4.78, 5) is 8.25. The van der Waals surface area contributed by atoms with Crippen LogP contribution >= 0.6 is 27.5 Å². The largest absolute Gasteiger partial charge is 0.381 e. The topological polar surface area (TPSA) is 47.0 Å². The first-order valence-electron chi connectivity index (χ1n) is 5.25. The highest BCUT2D eigenvalue weighted by Gasteiger charge is 2.13. The molecule has 0 amide bonds. The lowest BCUT2D eigenvalue weighted by Gasteiger charge is -2.22. The van der Waals surface area contributed by atoms with Crippen LogP contribution in [0.4, 0.5) is 5.82 Å². The van der Waals surface area contributed by atoms with Gasteiger partial charge in [0.15, 0.2) is 5.15 Å². The molecule has 1 aliphatic heterocycles. The molecule has 6 heteroatoms. The summed E-state index contributed by atoms with van der Waals surface area (Å²) >= 11 is 9.01. The van der Waals surface area contributed by atoms with Crippen LogP contribution in [0.3, 0.4) is 0 Å². The zero-order valence-corrected chi connectivity index (χ0v) is 11.1. The molecule has 2 heterocycles. The third-order valence-corrected chi connectivity index (χ3v) is 3.66. The molecule has 0 bridgehead atoms. The SMILES string of the molecule is Clc1ncc(NCC2CCOCC2)nc1Br. The van der Waals surface area contributed by atoms with Crippen LogP contribution in [0, 0.1) is 5.92 Å². The number of anilines is 1. The Kier molecular flexibility index (Phi) is 4.37. The van der Waals surface area contributed by atoms with Gasteiger partial charge >= 0.3 is 0 Å². The molecule has 1 fully saturated rings. The number of nitrogens with zero attached hydrogens (tertiary/aromatic N) is 2. The van der Waals surface area contributed by atoms with Gasteiger partial charge in [-0.25, -0.2) is 9.97 Å². The van der Waals surface area contributed by atoms with E-state index in [0.29, 0.717) is 15.7 Å². The Morgan fingerprint density at radius 3 is 2.94 bits per heavy atom. The van der Waals surface area contributed by atoms with Crippen LogP contribution in [0.25, 0.3) is 0 Å². The zero-order chi connectivity index (χ0) is 11.4. The number of aromatic nitrogens is 2. The lowest BCUT2D eigenvalue weighted by atomic mass is 10.0. The predicted molar refractivity (Wildman–Crippen MR) is 66.8 cm³/mol. The minimum atomic E-state index is 0.386. The van der Waals surface area contributed by atoms with Crippen molar-refractivity contribution in [3.63, 3.8) is 0 Å². The molecule has 1 aromatic rings. The van der Waals surface area contributed by atoms with Crippen molar-refractivity contribution in [2.45, 2.75) is 12.8 Å². The standard InChI is InChI=1S/C10H13BrClN3O/c11-9-10(12)14-6-8(15-9)13-5-7-1-3-16-4-2-7/h6-7H,1-5H2,(H,13,15). The number of nitrogens with one attached hydrogen (secondary N) is 1. The third kappa shape index (κ3) is 3.30. The van der Waals surface area contributed by atoms with Crippen molar-refractivity contribution in [3.05, 3.63) is 16.0 Å². The minimum Gasteiger partial charge on any atom is -0.381 e. The van der Waals surface area contributed by atoms with Gasteiger partial charge in [0.05, 0.1) is 6.20 Å². The van der Waals surface area contributed by atoms with E-state index >= 15 is 0 Å². The fraction of sp³-hybridized carbons (Fsp3) is 0.600. The highest BCUT2D eigenvalue weighted by Crippen LogP contribution is 2.20. The molecule has 0 spiro atoms. The summed E-state index contributed by atoms with van der Waals surface area (Å²) in [6, 6.07) is 0. The second-order valence-corrected chi connectivity index (χ2v) is 4.88. The molecule has 1 N–H and O–H groups in total. The molecule has 0 saturated carbocycles. The molecule has 0 radical (unpaired) electrons. The third-order valence-electron chi connectivity index (χ3n) is 2.60. The monoisotopic (exact) mass is 305 g/mol. The molecule has 16 heavy (non-hydrogen) atoms. The Balaban J connectivity index is 1.86. The highest BCUT2D eigenvalue weighted by molar-refractivity contribution is 9.10. The first-order valence-corrected chi connectivity index (χ1v) is 6.42. The Labute approximate surface area is 108 Å². The molecule has 0 aliphatic carbocycles. The van der Waals surface area contributed by atoms with Crippen molar-refractivity contribution in [1.29, 1.82) is 0 Å². The first-order chi connectivity index (χ1) is 7.75. The van der Waals surface area contributed by atoms with Gasteiger partial charge in [-0.1, -0.05) is 11.6 Å². The van der Waals surface area contributed by atoms with Crippen LogP contribution in [-0.2, 0) is 4.74 Å². The normalized spacial score (nSPS) is 17.4. The summed E-state index contributed by atoms with van der Waals surface area (Å²) in [5.74, 6) is 1.41. The first kappa shape index (κ1) is 12.1. The van der Waals surface area contributed by atoms with Crippen molar-refractivity contribution < 1.29 is 4.74 Å². The van der Waals surface area contributed by atoms with E-state index < -0.39 is 0 Å². The molecule has 2 rings (SSSR count). The number of hydrogen-bond donors (Lipinski definition) is 1. The van der Waals surface area contributed by atoms with E-state index in [1.54, 1.807) is 6.20 Å². The lowest BCUT2D eigenvalue weighted by molar-refractivity contribution is 0.0699. The molecule has 1 aliphatic rings. The summed E-state index contributed by atoms with van der Waals surface area (Å²) in [6.45, 7) is 2.64. The fourth-order valence-corrected chi connectivity index (χ4v) is 2.02. The summed E-state index contributed by atoms with van der Waals surface area (Å²) in [6.07, 6.45) is 3.86. The number of hydrogen-bond acceptors (Lipinski definition) is 4. The van der Waals surface area contributed by atoms with Crippen molar-refractivity contribution in [2.75, 3.05) is 25.1 Å². The molecule has 0 aromatic carbocycles. The maximum Gasteiger partial charge on any atom is 0.161 e. The van der Waals surface area contributed by atoms with Crippen LogP contribution < -0.4 is 5.32 Å². The summed E-state index contributed by atoms with van der Waals surface area (Å²) in [7, 11) is 0. The van der Waals surface area contributed by atoms with Crippen LogP contribution in [0.2, 0.25) is 5.15 Å². The van der Waals surface area contributed by atoms with Gasteiger partial charge in [0.25, 0.3) is 0 Å². The van der Waals surface area contributed by atoms with Gasteiger partial charge in [0, 0.05) is 19.8 Å². The second kappa shape index (κ2) is 5.80. The molecule has 4 nitrogen and oxygen atoms in total. The van der Waals surface area contributed by atoms with Crippen LogP contribution in [0.1, 0.15) is 12.8 Å².